The van der Waals surface area contributed by atoms with Crippen molar-refractivity contribution in [3.8, 4) is 0 Å². The quantitative estimate of drug-likeness (QED) is 0.239. The fraction of sp³-hybridized carbons (Fsp3) is 0.727. The molecule has 0 aliphatic heterocycles. The van der Waals surface area contributed by atoms with Crippen LogP contribution < -0.4 is 0 Å². The Morgan fingerprint density at radius 2 is 0.750 bits per heavy atom. The van der Waals surface area contributed by atoms with Crippen molar-refractivity contribution in [2.75, 3.05) is 0 Å². The van der Waals surface area contributed by atoms with Gasteiger partial charge in [0.15, 0.2) is 0 Å². The molecule has 252 valence electrons. The van der Waals surface area contributed by atoms with Gasteiger partial charge < -0.3 is 0 Å². The van der Waals surface area contributed by atoms with Crippen molar-refractivity contribution in [1.82, 2.24) is 0 Å². The SMILES string of the molecule is CCC(C)(C)c1ccc(C(C)(C)CC)cc1.CCC(C)(CC)c1ccc(C(C)(CC)CC)cc1.CCC1C(C)CC(C)C1C. The topological polar surface area (TPSA) is 0 Å². The Morgan fingerprint density at radius 3 is 0.932 bits per heavy atom. The zero-order valence-electron chi connectivity index (χ0n) is 32.6. The molecule has 0 saturated heterocycles. The maximum Gasteiger partial charge on any atom is -0.00805 e. The summed E-state index contributed by atoms with van der Waals surface area (Å²) in [4.78, 5) is 0. The van der Waals surface area contributed by atoms with Crippen LogP contribution in [-0.2, 0) is 21.7 Å². The summed E-state index contributed by atoms with van der Waals surface area (Å²) < 4.78 is 0. The van der Waals surface area contributed by atoms with Gasteiger partial charge in [-0.3, -0.25) is 0 Å². The van der Waals surface area contributed by atoms with Crippen LogP contribution in [0.2, 0.25) is 0 Å². The number of benzene rings is 2. The molecule has 2 aromatic rings. The monoisotopic (exact) mass is 605 g/mol. The zero-order valence-corrected chi connectivity index (χ0v) is 32.6. The lowest BCUT2D eigenvalue weighted by Gasteiger charge is -2.30. The van der Waals surface area contributed by atoms with Gasteiger partial charge in [-0.05, 0) is 113 Å². The zero-order chi connectivity index (χ0) is 33.9. The first-order chi connectivity index (χ1) is 20.4. The van der Waals surface area contributed by atoms with E-state index >= 15 is 0 Å². The highest BCUT2D eigenvalue weighted by molar-refractivity contribution is 5.33. The van der Waals surface area contributed by atoms with Gasteiger partial charge in [0.05, 0.1) is 0 Å². The first kappa shape index (κ1) is 40.5. The highest BCUT2D eigenvalue weighted by atomic mass is 14.4. The standard InChI is InChI=1S/C18H30.C16H26.C10H20/c1-7-17(5,8-2)15-11-13-16(14-12-15)18(6,9-3)10-4;1-7-15(3,4)13-9-11-14(12-10-13)16(5,6)8-2;1-5-10-8(3)6-7(2)9(10)4/h11-14H,7-10H2,1-6H3;9-12H,7-8H2,1-6H3;7-10H,5-6H2,1-4H3. The number of hydrogen-bond donors (Lipinski definition) is 0. The summed E-state index contributed by atoms with van der Waals surface area (Å²) in [7, 11) is 0. The van der Waals surface area contributed by atoms with Crippen molar-refractivity contribution in [1.29, 1.82) is 0 Å². The van der Waals surface area contributed by atoms with Gasteiger partial charge in [0.2, 0.25) is 0 Å². The Balaban J connectivity index is 0.000000343. The van der Waals surface area contributed by atoms with E-state index in [2.05, 4.69) is 159 Å². The summed E-state index contributed by atoms with van der Waals surface area (Å²) >= 11 is 0. The minimum atomic E-state index is 0.300. The van der Waals surface area contributed by atoms with Crippen LogP contribution in [0.3, 0.4) is 0 Å². The third-order valence-corrected chi connectivity index (χ3v) is 13.1. The molecule has 0 heterocycles. The molecule has 0 N–H and O–H groups in total. The largest absolute Gasteiger partial charge is 0.0651 e. The van der Waals surface area contributed by atoms with Crippen LogP contribution >= 0.6 is 0 Å². The first-order valence-corrected chi connectivity index (χ1v) is 18.7. The third-order valence-electron chi connectivity index (χ3n) is 13.1. The molecule has 1 saturated carbocycles. The van der Waals surface area contributed by atoms with Crippen LogP contribution in [0.4, 0.5) is 0 Å². The molecule has 1 fully saturated rings. The van der Waals surface area contributed by atoms with E-state index in [1.807, 2.05) is 0 Å². The van der Waals surface area contributed by atoms with Gasteiger partial charge in [-0.2, -0.15) is 0 Å². The second-order valence-corrected chi connectivity index (χ2v) is 16.3. The van der Waals surface area contributed by atoms with E-state index in [1.165, 1.54) is 73.6 Å². The second-order valence-electron chi connectivity index (χ2n) is 16.3. The summed E-state index contributed by atoms with van der Waals surface area (Å²) in [6, 6.07) is 18.6. The van der Waals surface area contributed by atoms with Gasteiger partial charge in [-0.1, -0.05) is 166 Å². The molecule has 0 radical (unpaired) electrons. The van der Waals surface area contributed by atoms with Gasteiger partial charge in [0.1, 0.15) is 0 Å². The van der Waals surface area contributed by atoms with E-state index in [0.717, 1.165) is 23.7 Å². The molecular formula is C44H76. The molecule has 0 spiro atoms. The molecule has 4 atom stereocenters. The Kier molecular flexibility index (Phi) is 16.0. The van der Waals surface area contributed by atoms with Crippen molar-refractivity contribution in [3.05, 3.63) is 70.8 Å². The Labute approximate surface area is 277 Å². The summed E-state index contributed by atoms with van der Waals surface area (Å²) in [5.74, 6) is 3.94. The summed E-state index contributed by atoms with van der Waals surface area (Å²) in [5.41, 5.74) is 7.16. The lowest BCUT2D eigenvalue weighted by molar-refractivity contribution is 0.314. The normalized spacial score (nSPS) is 20.8. The maximum absolute atomic E-state index is 2.42. The predicted octanol–water partition coefficient (Wildman–Crippen LogP) is 14.2. The molecule has 2 aromatic carbocycles. The highest BCUT2D eigenvalue weighted by Gasteiger charge is 2.34. The van der Waals surface area contributed by atoms with E-state index in [9.17, 15) is 0 Å². The van der Waals surface area contributed by atoms with Crippen LogP contribution in [0.1, 0.15) is 184 Å². The Bertz CT molecular complexity index is 970. The van der Waals surface area contributed by atoms with Crippen LogP contribution in [0, 0.1) is 23.7 Å². The van der Waals surface area contributed by atoms with Crippen molar-refractivity contribution >= 4 is 0 Å². The van der Waals surface area contributed by atoms with Crippen molar-refractivity contribution < 1.29 is 0 Å². The molecule has 44 heavy (non-hydrogen) atoms. The van der Waals surface area contributed by atoms with Gasteiger partial charge >= 0.3 is 0 Å². The molecule has 0 heteroatoms. The van der Waals surface area contributed by atoms with E-state index < -0.39 is 0 Å². The Morgan fingerprint density at radius 1 is 0.455 bits per heavy atom. The lowest BCUT2D eigenvalue weighted by Crippen LogP contribution is -2.22. The van der Waals surface area contributed by atoms with E-state index in [4.69, 9.17) is 0 Å². The summed E-state index contributed by atoms with van der Waals surface area (Å²) in [6.45, 7) is 37.2. The predicted molar refractivity (Wildman–Crippen MR) is 201 cm³/mol. The molecular weight excluding hydrogens is 528 g/mol. The molecule has 1 aliphatic carbocycles. The second kappa shape index (κ2) is 17.4. The average molecular weight is 605 g/mol. The van der Waals surface area contributed by atoms with Gasteiger partial charge in [-0.25, -0.2) is 0 Å². The minimum Gasteiger partial charge on any atom is -0.0651 e. The lowest BCUT2D eigenvalue weighted by atomic mass is 9.74. The number of hydrogen-bond acceptors (Lipinski definition) is 0. The van der Waals surface area contributed by atoms with E-state index in [-0.39, 0.29) is 0 Å². The van der Waals surface area contributed by atoms with Crippen LogP contribution in [0.5, 0.6) is 0 Å². The first-order valence-electron chi connectivity index (χ1n) is 18.7. The van der Waals surface area contributed by atoms with Crippen LogP contribution in [0.25, 0.3) is 0 Å². The summed E-state index contributed by atoms with van der Waals surface area (Å²) in [6.07, 6.45) is 10.0. The van der Waals surface area contributed by atoms with Gasteiger partial charge in [0.25, 0.3) is 0 Å². The van der Waals surface area contributed by atoms with Gasteiger partial charge in [-0.15, -0.1) is 0 Å². The van der Waals surface area contributed by atoms with Crippen LogP contribution in [0.15, 0.2) is 48.5 Å². The van der Waals surface area contributed by atoms with Crippen molar-refractivity contribution in [2.45, 2.75) is 184 Å². The van der Waals surface area contributed by atoms with Crippen LogP contribution in [-0.4, -0.2) is 0 Å². The fourth-order valence-electron chi connectivity index (χ4n) is 7.06. The highest BCUT2D eigenvalue weighted by Crippen LogP contribution is 2.42. The molecule has 0 bridgehead atoms. The third kappa shape index (κ3) is 10.2. The average Bonchev–Trinajstić information content (AvgIpc) is 3.30. The molecule has 0 nitrogen and oxygen atoms in total. The van der Waals surface area contributed by atoms with E-state index in [1.54, 1.807) is 0 Å². The van der Waals surface area contributed by atoms with Gasteiger partial charge in [0, 0.05) is 0 Å². The van der Waals surface area contributed by atoms with Crippen molar-refractivity contribution in [2.24, 2.45) is 23.7 Å². The summed E-state index contributed by atoms with van der Waals surface area (Å²) in [5, 5.41) is 0. The number of rotatable bonds is 11. The molecule has 0 aromatic heterocycles. The Hall–Kier alpha value is -1.56. The molecule has 3 rings (SSSR count). The van der Waals surface area contributed by atoms with E-state index in [0.29, 0.717) is 21.7 Å². The molecule has 4 unspecified atom stereocenters. The van der Waals surface area contributed by atoms with Crippen molar-refractivity contribution in [3.63, 3.8) is 0 Å². The molecule has 1 aliphatic rings. The minimum absolute atomic E-state index is 0.300. The fourth-order valence-corrected chi connectivity index (χ4v) is 7.06. The smallest absolute Gasteiger partial charge is 0.00805 e. The maximum atomic E-state index is 2.42. The molecule has 0 amide bonds.